The molecule has 5 amide bonds. The van der Waals surface area contributed by atoms with Crippen LogP contribution in [0, 0.1) is 0 Å². The first-order valence-corrected chi connectivity index (χ1v) is 11.2. The summed E-state index contributed by atoms with van der Waals surface area (Å²) in [5, 5.41) is 17.8. The summed E-state index contributed by atoms with van der Waals surface area (Å²) >= 11 is 6.58. The first-order chi connectivity index (χ1) is 16.2. The molecule has 11 heteroatoms. The summed E-state index contributed by atoms with van der Waals surface area (Å²) in [5.74, 6) is -0.790. The molecule has 0 fully saturated rings. The Morgan fingerprint density at radius 1 is 0.735 bits per heavy atom. The summed E-state index contributed by atoms with van der Waals surface area (Å²) in [6.45, 7) is 0. The second kappa shape index (κ2) is 13.0. The summed E-state index contributed by atoms with van der Waals surface area (Å²) in [6, 6.07) is 18.1. The minimum atomic E-state index is -0.630. The third-order valence-corrected chi connectivity index (χ3v) is 5.38. The maximum atomic E-state index is 12.0. The van der Waals surface area contributed by atoms with Crippen molar-refractivity contribution in [2.75, 3.05) is 16.0 Å². The van der Waals surface area contributed by atoms with Gasteiger partial charge in [0, 0.05) is 20.6 Å². The molecule has 176 valence electrons. The van der Waals surface area contributed by atoms with E-state index in [0.717, 1.165) is 15.0 Å². The lowest BCUT2D eigenvalue weighted by atomic mass is 10.1. The van der Waals surface area contributed by atoms with Crippen molar-refractivity contribution in [1.29, 1.82) is 0 Å². The van der Waals surface area contributed by atoms with E-state index in [1.54, 1.807) is 36.4 Å². The molecule has 3 rings (SSSR count). The number of halogens is 2. The minimum Gasteiger partial charge on any atom is -0.505 e. The zero-order valence-electron chi connectivity index (χ0n) is 17.6. The number of rotatable bonds is 5. The lowest BCUT2D eigenvalue weighted by Gasteiger charge is -2.11. The summed E-state index contributed by atoms with van der Waals surface area (Å²) < 4.78 is 1.55. The normalized spacial score (nSPS) is 10.1. The van der Waals surface area contributed by atoms with Crippen LogP contribution in [0.15, 0.2) is 81.8 Å². The van der Waals surface area contributed by atoms with E-state index in [4.69, 9.17) is 11.5 Å². The molecule has 0 saturated carbocycles. The number of urea groups is 2. The Morgan fingerprint density at radius 3 is 1.76 bits per heavy atom. The van der Waals surface area contributed by atoms with Gasteiger partial charge in [-0.1, -0.05) is 36.4 Å². The van der Waals surface area contributed by atoms with Crippen LogP contribution in [-0.4, -0.2) is 23.1 Å². The highest BCUT2D eigenvalue weighted by Crippen LogP contribution is 2.29. The Kier molecular flexibility index (Phi) is 10.1. The van der Waals surface area contributed by atoms with Crippen molar-refractivity contribution in [2.24, 2.45) is 11.5 Å². The van der Waals surface area contributed by atoms with Crippen molar-refractivity contribution in [1.82, 2.24) is 0 Å². The number of phenols is 1. The topological polar surface area (TPSA) is 160 Å². The van der Waals surface area contributed by atoms with Gasteiger partial charge in [0.15, 0.2) is 0 Å². The number of hydrogen-bond donors (Lipinski definition) is 6. The van der Waals surface area contributed by atoms with Crippen molar-refractivity contribution >= 4 is 73.0 Å². The fourth-order valence-corrected chi connectivity index (χ4v) is 3.27. The highest BCUT2D eigenvalue weighted by Gasteiger charge is 2.10. The number of aromatic hydroxyl groups is 1. The fraction of sp³-hybridized carbons (Fsp3) is 0. The molecule has 3 aromatic carbocycles. The molecule has 0 atom stereocenters. The maximum Gasteiger partial charge on any atom is 0.323 e. The number of para-hydroxylation sites is 3. The molecule has 8 N–H and O–H groups in total. The summed E-state index contributed by atoms with van der Waals surface area (Å²) in [7, 11) is 0. The van der Waals surface area contributed by atoms with Gasteiger partial charge in [0.2, 0.25) is 5.91 Å². The van der Waals surface area contributed by atoms with Gasteiger partial charge in [-0.05, 0) is 68.3 Å². The molecular weight excluding hydrogens is 570 g/mol. The highest BCUT2D eigenvalue weighted by molar-refractivity contribution is 9.11. The third kappa shape index (κ3) is 8.60. The molecule has 34 heavy (non-hydrogen) atoms. The van der Waals surface area contributed by atoms with E-state index < -0.39 is 18.0 Å². The molecule has 0 spiro atoms. The predicted molar refractivity (Wildman–Crippen MR) is 140 cm³/mol. The average molecular weight is 591 g/mol. The van der Waals surface area contributed by atoms with Gasteiger partial charge in [-0.15, -0.1) is 0 Å². The number of benzene rings is 3. The Balaban J connectivity index is 0.000000310. The number of hydrogen-bond acceptors (Lipinski definition) is 4. The van der Waals surface area contributed by atoms with Crippen LogP contribution in [0.4, 0.5) is 26.7 Å². The quantitative estimate of drug-likeness (QED) is 0.177. The van der Waals surface area contributed by atoms with E-state index in [-0.39, 0.29) is 11.4 Å². The van der Waals surface area contributed by atoms with E-state index in [9.17, 15) is 19.5 Å². The van der Waals surface area contributed by atoms with Crippen LogP contribution in [0.3, 0.4) is 0 Å². The van der Waals surface area contributed by atoms with E-state index in [2.05, 4.69) is 47.8 Å². The van der Waals surface area contributed by atoms with Gasteiger partial charge in [-0.3, -0.25) is 4.79 Å². The standard InChI is InChI=1S/C16H14BrN3O3.C7H7BrN2O/c17-11-5-1-2-6-12(11)19-16(23)20-13-7-3-4-10(15(13)22)8-9-14(18)21;8-5-3-1-2-4-6(5)10-7(9)11/h1-9,22H,(H2,18,21)(H2,19,20,23);1-4H,(H3,9,10,11)/b9-8+;. The second-order valence-corrected chi connectivity index (χ2v) is 8.22. The number of primary amides is 2. The smallest absolute Gasteiger partial charge is 0.323 e. The Bertz CT molecular complexity index is 1220. The molecular formula is C23H21Br2N5O4. The monoisotopic (exact) mass is 589 g/mol. The van der Waals surface area contributed by atoms with Crippen molar-refractivity contribution < 1.29 is 19.5 Å². The van der Waals surface area contributed by atoms with Crippen LogP contribution < -0.4 is 27.4 Å². The molecule has 0 saturated heterocycles. The van der Waals surface area contributed by atoms with Gasteiger partial charge >= 0.3 is 12.1 Å². The zero-order valence-corrected chi connectivity index (χ0v) is 20.8. The van der Waals surface area contributed by atoms with Crippen molar-refractivity contribution in [3.8, 4) is 5.75 Å². The molecule has 3 aromatic rings. The van der Waals surface area contributed by atoms with Gasteiger partial charge in [0.1, 0.15) is 5.75 Å². The SMILES string of the molecule is NC(=O)/C=C/c1cccc(NC(=O)Nc2ccccc2Br)c1O.NC(=O)Nc1ccccc1Br. The average Bonchev–Trinajstić information content (AvgIpc) is 2.78. The van der Waals surface area contributed by atoms with Crippen LogP contribution >= 0.6 is 31.9 Å². The third-order valence-electron chi connectivity index (χ3n) is 4.00. The van der Waals surface area contributed by atoms with Gasteiger partial charge in [-0.2, -0.15) is 0 Å². The lowest BCUT2D eigenvalue weighted by Crippen LogP contribution is -2.19. The van der Waals surface area contributed by atoms with E-state index in [1.165, 1.54) is 12.1 Å². The predicted octanol–water partition coefficient (Wildman–Crippen LogP) is 5.24. The van der Waals surface area contributed by atoms with E-state index in [1.807, 2.05) is 24.3 Å². The first-order valence-electron chi connectivity index (χ1n) is 9.60. The first kappa shape index (κ1) is 26.4. The number of nitrogens with two attached hydrogens (primary N) is 2. The molecule has 0 unspecified atom stereocenters. The summed E-state index contributed by atoms with van der Waals surface area (Å²) in [4.78, 5) is 33.2. The lowest BCUT2D eigenvalue weighted by molar-refractivity contribution is -0.113. The van der Waals surface area contributed by atoms with Crippen LogP contribution in [0.2, 0.25) is 0 Å². The van der Waals surface area contributed by atoms with Gasteiger partial charge < -0.3 is 32.5 Å². The number of carbonyl (C=O) groups excluding carboxylic acids is 3. The van der Waals surface area contributed by atoms with E-state index in [0.29, 0.717) is 16.9 Å². The van der Waals surface area contributed by atoms with Gasteiger partial charge in [-0.25, -0.2) is 9.59 Å². The van der Waals surface area contributed by atoms with Gasteiger partial charge in [0.25, 0.3) is 0 Å². The minimum absolute atomic E-state index is 0.160. The fourth-order valence-electron chi connectivity index (χ4n) is 2.50. The van der Waals surface area contributed by atoms with Crippen LogP contribution in [0.25, 0.3) is 6.08 Å². The van der Waals surface area contributed by atoms with Gasteiger partial charge in [0.05, 0.1) is 17.1 Å². The maximum absolute atomic E-state index is 12.0. The van der Waals surface area contributed by atoms with E-state index >= 15 is 0 Å². The van der Waals surface area contributed by atoms with Crippen LogP contribution in [0.5, 0.6) is 5.75 Å². The van der Waals surface area contributed by atoms with Crippen LogP contribution in [0.1, 0.15) is 5.56 Å². The molecule has 9 nitrogen and oxygen atoms in total. The molecule has 0 aromatic heterocycles. The molecule has 0 bridgehead atoms. The number of amides is 5. The number of anilines is 3. The number of phenolic OH excluding ortho intramolecular Hbond substituents is 1. The Morgan fingerprint density at radius 2 is 1.24 bits per heavy atom. The molecule has 0 heterocycles. The molecule has 0 aliphatic carbocycles. The van der Waals surface area contributed by atoms with Crippen LogP contribution in [-0.2, 0) is 4.79 Å². The largest absolute Gasteiger partial charge is 0.505 e. The number of carbonyl (C=O) groups is 3. The molecule has 0 aliphatic rings. The summed E-state index contributed by atoms with van der Waals surface area (Å²) in [5.41, 5.74) is 11.8. The molecule has 0 radical (unpaired) electrons. The van der Waals surface area contributed by atoms with Crippen molar-refractivity contribution in [3.63, 3.8) is 0 Å². The number of nitrogens with one attached hydrogen (secondary N) is 3. The summed E-state index contributed by atoms with van der Waals surface area (Å²) in [6.07, 6.45) is 2.49. The van der Waals surface area contributed by atoms with Crippen molar-refractivity contribution in [2.45, 2.75) is 0 Å². The Labute approximate surface area is 212 Å². The van der Waals surface area contributed by atoms with Crippen molar-refractivity contribution in [3.05, 3.63) is 87.3 Å². The zero-order chi connectivity index (χ0) is 25.1. The highest BCUT2D eigenvalue weighted by atomic mass is 79.9. The molecule has 0 aliphatic heterocycles. The Hall–Kier alpha value is -3.83. The second-order valence-electron chi connectivity index (χ2n) is 6.51.